The van der Waals surface area contributed by atoms with Crippen LogP contribution in [0.15, 0.2) is 48.5 Å². The van der Waals surface area contributed by atoms with E-state index in [0.717, 1.165) is 5.56 Å². The van der Waals surface area contributed by atoms with Crippen LogP contribution in [0.4, 0.5) is 5.69 Å². The molecule has 8 heteroatoms. The predicted octanol–water partition coefficient (Wildman–Crippen LogP) is 3.88. The second kappa shape index (κ2) is 10.5. The van der Waals surface area contributed by atoms with Crippen molar-refractivity contribution in [2.24, 2.45) is 0 Å². The van der Waals surface area contributed by atoms with Crippen molar-refractivity contribution in [2.45, 2.75) is 19.8 Å². The molecule has 0 aliphatic rings. The second-order valence-corrected chi connectivity index (χ2v) is 6.67. The Morgan fingerprint density at radius 2 is 1.57 bits per heavy atom. The molecular formula is C20H19Cl2N3O3. The minimum absolute atomic E-state index is 0.0386. The molecule has 3 amide bonds. The van der Waals surface area contributed by atoms with Crippen LogP contribution in [-0.4, -0.2) is 17.7 Å². The van der Waals surface area contributed by atoms with Crippen molar-refractivity contribution in [3.05, 3.63) is 69.7 Å². The quantitative estimate of drug-likeness (QED) is 0.490. The van der Waals surface area contributed by atoms with Crippen molar-refractivity contribution in [2.75, 3.05) is 5.32 Å². The van der Waals surface area contributed by atoms with Gasteiger partial charge in [0.2, 0.25) is 11.8 Å². The molecule has 2 aromatic carbocycles. The van der Waals surface area contributed by atoms with Gasteiger partial charge in [0, 0.05) is 34.7 Å². The van der Waals surface area contributed by atoms with Crippen LogP contribution >= 0.6 is 23.2 Å². The molecule has 2 rings (SSSR count). The summed E-state index contributed by atoms with van der Waals surface area (Å²) >= 11 is 12.0. The zero-order valence-electron chi connectivity index (χ0n) is 15.1. The van der Waals surface area contributed by atoms with Crippen molar-refractivity contribution >= 4 is 52.7 Å². The SMILES string of the molecule is Cc1c(Cl)cccc1NC(=O)CCC(=O)NNC(=O)/C=C/c1ccccc1Cl. The summed E-state index contributed by atoms with van der Waals surface area (Å²) < 4.78 is 0. The van der Waals surface area contributed by atoms with Crippen molar-refractivity contribution in [1.82, 2.24) is 10.9 Å². The molecule has 0 unspecified atom stereocenters. The molecule has 3 N–H and O–H groups in total. The van der Waals surface area contributed by atoms with Crippen LogP contribution in [0.2, 0.25) is 10.0 Å². The van der Waals surface area contributed by atoms with Crippen LogP contribution < -0.4 is 16.2 Å². The van der Waals surface area contributed by atoms with Gasteiger partial charge < -0.3 is 5.32 Å². The first-order valence-corrected chi connectivity index (χ1v) is 9.19. The molecule has 28 heavy (non-hydrogen) atoms. The number of anilines is 1. The summed E-state index contributed by atoms with van der Waals surface area (Å²) in [5.41, 5.74) is 6.52. The van der Waals surface area contributed by atoms with Gasteiger partial charge in [-0.1, -0.05) is 47.5 Å². The van der Waals surface area contributed by atoms with Gasteiger partial charge in [0.1, 0.15) is 0 Å². The maximum absolute atomic E-state index is 12.0. The third-order valence-corrected chi connectivity index (χ3v) is 4.52. The molecule has 0 heterocycles. The number of benzene rings is 2. The first kappa shape index (κ1) is 21.5. The minimum Gasteiger partial charge on any atom is -0.326 e. The average molecular weight is 420 g/mol. The van der Waals surface area contributed by atoms with E-state index >= 15 is 0 Å². The Hall–Kier alpha value is -2.83. The highest BCUT2D eigenvalue weighted by Gasteiger charge is 2.10. The van der Waals surface area contributed by atoms with Crippen LogP contribution in [0.5, 0.6) is 0 Å². The summed E-state index contributed by atoms with van der Waals surface area (Å²) in [5, 5.41) is 3.76. The zero-order valence-corrected chi connectivity index (χ0v) is 16.6. The molecule has 2 aromatic rings. The number of amides is 3. The maximum atomic E-state index is 12.0. The molecule has 146 valence electrons. The van der Waals surface area contributed by atoms with Gasteiger partial charge in [0.05, 0.1) is 0 Å². The maximum Gasteiger partial charge on any atom is 0.262 e. The first-order chi connectivity index (χ1) is 13.4. The fourth-order valence-electron chi connectivity index (χ4n) is 2.19. The fraction of sp³-hybridized carbons (Fsp3) is 0.150. The highest BCUT2D eigenvalue weighted by atomic mass is 35.5. The third-order valence-electron chi connectivity index (χ3n) is 3.77. The number of carbonyl (C=O) groups is 3. The Kier molecular flexibility index (Phi) is 8.04. The monoisotopic (exact) mass is 419 g/mol. The smallest absolute Gasteiger partial charge is 0.262 e. The molecule has 0 aromatic heterocycles. The van der Waals surface area contributed by atoms with Crippen molar-refractivity contribution < 1.29 is 14.4 Å². The van der Waals surface area contributed by atoms with Gasteiger partial charge in [-0.3, -0.25) is 25.2 Å². The predicted molar refractivity (Wildman–Crippen MR) is 111 cm³/mol. The molecule has 0 saturated carbocycles. The van der Waals surface area contributed by atoms with Crippen molar-refractivity contribution in [3.8, 4) is 0 Å². The van der Waals surface area contributed by atoms with E-state index in [-0.39, 0.29) is 18.7 Å². The lowest BCUT2D eigenvalue weighted by molar-refractivity contribution is -0.128. The average Bonchev–Trinajstić information content (AvgIpc) is 2.67. The highest BCUT2D eigenvalue weighted by Crippen LogP contribution is 2.23. The standard InChI is InChI=1S/C20H19Cl2N3O3/c1-13-15(21)7-4-8-17(13)23-18(26)11-12-20(28)25-24-19(27)10-9-14-5-2-3-6-16(14)22/h2-10H,11-12H2,1H3,(H,23,26)(H,24,27)(H,25,28)/b10-9+. The summed E-state index contributed by atoms with van der Waals surface area (Å²) in [5.74, 6) is -1.34. The molecular weight excluding hydrogens is 401 g/mol. The number of nitrogens with one attached hydrogen (secondary N) is 3. The summed E-state index contributed by atoms with van der Waals surface area (Å²) in [6.07, 6.45) is 2.66. The molecule has 0 atom stereocenters. The van der Waals surface area contributed by atoms with E-state index < -0.39 is 11.8 Å². The highest BCUT2D eigenvalue weighted by molar-refractivity contribution is 6.32. The molecule has 0 spiro atoms. The van der Waals surface area contributed by atoms with E-state index in [4.69, 9.17) is 23.2 Å². The van der Waals surface area contributed by atoms with Crippen molar-refractivity contribution in [1.29, 1.82) is 0 Å². The molecule has 0 bridgehead atoms. The normalized spacial score (nSPS) is 10.5. The third kappa shape index (κ3) is 6.72. The van der Waals surface area contributed by atoms with Crippen LogP contribution in [0.1, 0.15) is 24.0 Å². The van der Waals surface area contributed by atoms with Gasteiger partial charge >= 0.3 is 0 Å². The second-order valence-electron chi connectivity index (χ2n) is 5.85. The van der Waals surface area contributed by atoms with Gasteiger partial charge in [-0.05, 0) is 42.3 Å². The van der Waals surface area contributed by atoms with Gasteiger partial charge in [-0.15, -0.1) is 0 Å². The van der Waals surface area contributed by atoms with E-state index in [1.54, 1.807) is 49.4 Å². The minimum atomic E-state index is -0.521. The number of hydrogen-bond acceptors (Lipinski definition) is 3. The summed E-state index contributed by atoms with van der Waals surface area (Å²) in [6.45, 7) is 1.79. The topological polar surface area (TPSA) is 87.3 Å². The van der Waals surface area contributed by atoms with E-state index in [0.29, 0.717) is 21.3 Å². The Labute approximate surface area is 172 Å². The lowest BCUT2D eigenvalue weighted by Crippen LogP contribution is -2.41. The number of carbonyl (C=O) groups excluding carboxylic acids is 3. The van der Waals surface area contributed by atoms with E-state index in [1.807, 2.05) is 0 Å². The number of hydrogen-bond donors (Lipinski definition) is 3. The number of rotatable bonds is 6. The van der Waals surface area contributed by atoms with Crippen molar-refractivity contribution in [3.63, 3.8) is 0 Å². The van der Waals surface area contributed by atoms with Gasteiger partial charge in [0.25, 0.3) is 5.91 Å². The van der Waals surface area contributed by atoms with E-state index in [9.17, 15) is 14.4 Å². The molecule has 0 aliphatic carbocycles. The lowest BCUT2D eigenvalue weighted by atomic mass is 10.2. The molecule has 0 aliphatic heterocycles. The molecule has 0 saturated heterocycles. The van der Waals surface area contributed by atoms with E-state index in [2.05, 4.69) is 16.2 Å². The number of hydrazine groups is 1. The van der Waals surface area contributed by atoms with Gasteiger partial charge in [-0.2, -0.15) is 0 Å². The largest absolute Gasteiger partial charge is 0.326 e. The molecule has 0 fully saturated rings. The van der Waals surface area contributed by atoms with Gasteiger partial charge in [-0.25, -0.2) is 0 Å². The van der Waals surface area contributed by atoms with Crippen LogP contribution in [0.25, 0.3) is 6.08 Å². The summed E-state index contributed by atoms with van der Waals surface area (Å²) in [4.78, 5) is 35.5. The van der Waals surface area contributed by atoms with Crippen LogP contribution in [0, 0.1) is 6.92 Å². The summed E-state index contributed by atoms with van der Waals surface area (Å²) in [7, 11) is 0. The fourth-order valence-corrected chi connectivity index (χ4v) is 2.57. The zero-order chi connectivity index (χ0) is 20.5. The Balaban J connectivity index is 1.73. The molecule has 6 nitrogen and oxygen atoms in total. The van der Waals surface area contributed by atoms with Crippen LogP contribution in [-0.2, 0) is 14.4 Å². The lowest BCUT2D eigenvalue weighted by Gasteiger charge is -2.09. The Bertz CT molecular complexity index is 913. The summed E-state index contributed by atoms with van der Waals surface area (Å²) in [6, 6.07) is 12.2. The van der Waals surface area contributed by atoms with E-state index in [1.165, 1.54) is 12.2 Å². The molecule has 0 radical (unpaired) electrons. The van der Waals surface area contributed by atoms with Crippen LogP contribution in [0.3, 0.4) is 0 Å². The Morgan fingerprint density at radius 1 is 0.893 bits per heavy atom. The van der Waals surface area contributed by atoms with Gasteiger partial charge in [0.15, 0.2) is 0 Å². The first-order valence-electron chi connectivity index (χ1n) is 8.43. The number of halogens is 2. The Morgan fingerprint density at radius 3 is 2.32 bits per heavy atom.